The van der Waals surface area contributed by atoms with E-state index >= 15 is 0 Å². The maximum absolute atomic E-state index is 12.3. The molecule has 0 aliphatic rings. The minimum Gasteiger partial charge on any atom is -0.441 e. The largest absolute Gasteiger partial charge is 0.441 e. The van der Waals surface area contributed by atoms with Gasteiger partial charge in [0.05, 0.1) is 12.2 Å². The van der Waals surface area contributed by atoms with Gasteiger partial charge in [0.2, 0.25) is 5.89 Å². The number of hydrogen-bond donors (Lipinski definition) is 2. The van der Waals surface area contributed by atoms with Crippen molar-refractivity contribution in [3.8, 4) is 11.5 Å². The highest BCUT2D eigenvalue weighted by atomic mass is 16.4. The van der Waals surface area contributed by atoms with E-state index in [4.69, 9.17) is 4.42 Å². The maximum Gasteiger partial charge on any atom is 0.319 e. The lowest BCUT2D eigenvalue weighted by Crippen LogP contribution is -2.32. The van der Waals surface area contributed by atoms with Crippen LogP contribution in [0.5, 0.6) is 0 Å². The van der Waals surface area contributed by atoms with E-state index < -0.39 is 0 Å². The molecule has 2 amide bonds. The van der Waals surface area contributed by atoms with E-state index in [0.717, 1.165) is 23.3 Å². The molecule has 2 N–H and O–H groups in total. The second-order valence-electron chi connectivity index (χ2n) is 5.70. The van der Waals surface area contributed by atoms with Gasteiger partial charge in [-0.2, -0.15) is 0 Å². The Morgan fingerprint density at radius 2 is 2.04 bits per heavy atom. The van der Waals surface area contributed by atoms with Gasteiger partial charge < -0.3 is 15.1 Å². The molecule has 128 valence electrons. The van der Waals surface area contributed by atoms with Crippen LogP contribution in [0.1, 0.15) is 30.7 Å². The molecule has 3 rings (SSSR count). The third-order valence-corrected chi connectivity index (χ3v) is 3.81. The Kier molecular flexibility index (Phi) is 5.09. The summed E-state index contributed by atoms with van der Waals surface area (Å²) in [6, 6.07) is 10.9. The topological polar surface area (TPSA) is 80.0 Å². The van der Waals surface area contributed by atoms with Crippen LogP contribution in [-0.4, -0.2) is 16.0 Å². The Hall–Kier alpha value is -3.15. The quantitative estimate of drug-likeness (QED) is 0.727. The van der Waals surface area contributed by atoms with Gasteiger partial charge in [0.1, 0.15) is 5.76 Å². The monoisotopic (exact) mass is 336 g/mol. The molecule has 1 aromatic carbocycles. The molecule has 0 radical (unpaired) electrons. The molecular weight excluding hydrogens is 316 g/mol. The van der Waals surface area contributed by atoms with Crippen molar-refractivity contribution in [3.63, 3.8) is 0 Å². The van der Waals surface area contributed by atoms with Crippen LogP contribution >= 0.6 is 0 Å². The number of oxazole rings is 1. The summed E-state index contributed by atoms with van der Waals surface area (Å²) in [7, 11) is 0. The molecule has 0 aliphatic carbocycles. The van der Waals surface area contributed by atoms with Gasteiger partial charge >= 0.3 is 6.03 Å². The van der Waals surface area contributed by atoms with E-state index in [1.807, 2.05) is 50.2 Å². The number of benzene rings is 1. The van der Waals surface area contributed by atoms with Crippen molar-refractivity contribution in [2.45, 2.75) is 26.3 Å². The van der Waals surface area contributed by atoms with Crippen LogP contribution < -0.4 is 10.6 Å². The third-order valence-electron chi connectivity index (χ3n) is 3.81. The van der Waals surface area contributed by atoms with Crippen LogP contribution in [-0.2, 0) is 0 Å². The fraction of sp³-hybridized carbons (Fsp3) is 0.211. The van der Waals surface area contributed by atoms with E-state index in [1.165, 1.54) is 0 Å². The number of pyridine rings is 1. The summed E-state index contributed by atoms with van der Waals surface area (Å²) in [5.74, 6) is 1.28. The van der Waals surface area contributed by atoms with Crippen molar-refractivity contribution in [1.29, 1.82) is 0 Å². The lowest BCUT2D eigenvalue weighted by atomic mass is 10.1. The fourth-order valence-electron chi connectivity index (χ4n) is 2.56. The summed E-state index contributed by atoms with van der Waals surface area (Å²) in [4.78, 5) is 20.5. The molecule has 0 aliphatic heterocycles. The second kappa shape index (κ2) is 7.61. The number of nitrogens with zero attached hydrogens (tertiary/aromatic N) is 2. The van der Waals surface area contributed by atoms with Gasteiger partial charge in [-0.05, 0) is 49.2 Å². The van der Waals surface area contributed by atoms with Crippen molar-refractivity contribution in [1.82, 2.24) is 15.3 Å². The minimum absolute atomic E-state index is 0.0689. The van der Waals surface area contributed by atoms with E-state index in [9.17, 15) is 4.79 Å². The molecule has 0 unspecified atom stereocenters. The van der Waals surface area contributed by atoms with Crippen molar-refractivity contribution in [3.05, 3.63) is 66.3 Å². The zero-order valence-corrected chi connectivity index (χ0v) is 14.2. The number of aromatic nitrogens is 2. The summed E-state index contributed by atoms with van der Waals surface area (Å²) < 4.78 is 5.52. The average molecular weight is 336 g/mol. The highest BCUT2D eigenvalue weighted by molar-refractivity contribution is 5.90. The average Bonchev–Trinajstić information content (AvgIpc) is 3.07. The number of anilines is 1. The first kappa shape index (κ1) is 16.7. The van der Waals surface area contributed by atoms with Gasteiger partial charge in [-0.1, -0.05) is 13.0 Å². The van der Waals surface area contributed by atoms with Crippen molar-refractivity contribution in [2.24, 2.45) is 0 Å². The lowest BCUT2D eigenvalue weighted by molar-refractivity contribution is 0.248. The molecule has 6 nitrogen and oxygen atoms in total. The minimum atomic E-state index is -0.260. The second-order valence-corrected chi connectivity index (χ2v) is 5.70. The first-order chi connectivity index (χ1) is 12.2. The van der Waals surface area contributed by atoms with Gasteiger partial charge in [-0.25, -0.2) is 9.78 Å². The Labute approximate surface area is 146 Å². The molecule has 0 saturated carbocycles. The molecule has 0 saturated heterocycles. The van der Waals surface area contributed by atoms with E-state index in [-0.39, 0.29) is 12.1 Å². The number of nitrogens with one attached hydrogen (secondary N) is 2. The van der Waals surface area contributed by atoms with Crippen LogP contribution in [0.3, 0.4) is 0 Å². The predicted molar refractivity (Wildman–Crippen MR) is 96.1 cm³/mol. The molecule has 0 spiro atoms. The maximum atomic E-state index is 12.3. The fourth-order valence-corrected chi connectivity index (χ4v) is 2.56. The number of hydrogen-bond acceptors (Lipinski definition) is 4. The molecule has 0 fully saturated rings. The van der Waals surface area contributed by atoms with Crippen LogP contribution in [0.15, 0.2) is 59.4 Å². The summed E-state index contributed by atoms with van der Waals surface area (Å²) in [5, 5.41) is 5.84. The Morgan fingerprint density at radius 1 is 1.24 bits per heavy atom. The van der Waals surface area contributed by atoms with Gasteiger partial charge in [0.15, 0.2) is 0 Å². The van der Waals surface area contributed by atoms with E-state index in [0.29, 0.717) is 11.6 Å². The SMILES string of the molecule is CC[C@H](NC(=O)Nc1cccc(-c2ncc(C)o2)c1)c1ccncc1. The number of aryl methyl sites for hydroxylation is 1. The Bertz CT molecular complexity index is 845. The molecule has 1 atom stereocenters. The molecule has 25 heavy (non-hydrogen) atoms. The molecule has 2 heterocycles. The molecule has 2 aromatic heterocycles. The van der Waals surface area contributed by atoms with Crippen LogP contribution in [0, 0.1) is 6.92 Å². The third kappa shape index (κ3) is 4.23. The van der Waals surface area contributed by atoms with Crippen molar-refractivity contribution < 1.29 is 9.21 Å². The Balaban J connectivity index is 1.68. The van der Waals surface area contributed by atoms with Gasteiger partial charge in [-0.3, -0.25) is 4.98 Å². The van der Waals surface area contributed by atoms with Crippen LogP contribution in [0.4, 0.5) is 10.5 Å². The summed E-state index contributed by atoms with van der Waals surface area (Å²) in [5.41, 5.74) is 2.51. The summed E-state index contributed by atoms with van der Waals surface area (Å²) >= 11 is 0. The highest BCUT2D eigenvalue weighted by Crippen LogP contribution is 2.22. The number of rotatable bonds is 5. The lowest BCUT2D eigenvalue weighted by Gasteiger charge is -2.17. The summed E-state index contributed by atoms with van der Waals surface area (Å²) in [6.07, 6.45) is 5.90. The first-order valence-corrected chi connectivity index (χ1v) is 8.16. The Morgan fingerprint density at radius 3 is 2.72 bits per heavy atom. The van der Waals surface area contributed by atoms with Gasteiger partial charge in [0.25, 0.3) is 0 Å². The normalized spacial score (nSPS) is 11.8. The van der Waals surface area contributed by atoms with Gasteiger partial charge in [-0.15, -0.1) is 0 Å². The molecular formula is C19H20N4O2. The van der Waals surface area contributed by atoms with Crippen LogP contribution in [0.2, 0.25) is 0 Å². The first-order valence-electron chi connectivity index (χ1n) is 8.16. The number of amides is 2. The molecule has 6 heteroatoms. The molecule has 0 bridgehead atoms. The highest BCUT2D eigenvalue weighted by Gasteiger charge is 2.13. The zero-order chi connectivity index (χ0) is 17.6. The van der Waals surface area contributed by atoms with Crippen molar-refractivity contribution in [2.75, 3.05) is 5.32 Å². The van der Waals surface area contributed by atoms with Crippen molar-refractivity contribution >= 4 is 11.7 Å². The number of carbonyl (C=O) groups is 1. The van der Waals surface area contributed by atoms with Gasteiger partial charge in [0, 0.05) is 23.6 Å². The van der Waals surface area contributed by atoms with E-state index in [2.05, 4.69) is 20.6 Å². The number of urea groups is 1. The summed E-state index contributed by atoms with van der Waals surface area (Å²) in [6.45, 7) is 3.87. The zero-order valence-electron chi connectivity index (χ0n) is 14.2. The standard InChI is InChI=1S/C19H20N4O2/c1-3-17(14-7-9-20-10-8-14)23-19(24)22-16-6-4-5-15(11-16)18-21-12-13(2)25-18/h4-12,17H,3H2,1-2H3,(H2,22,23,24)/t17-/m0/s1. The smallest absolute Gasteiger partial charge is 0.319 e. The number of carbonyl (C=O) groups excluding carboxylic acids is 1. The van der Waals surface area contributed by atoms with Crippen LogP contribution in [0.25, 0.3) is 11.5 Å². The van der Waals surface area contributed by atoms with E-state index in [1.54, 1.807) is 18.6 Å². The predicted octanol–water partition coefficient (Wildman–Crippen LogP) is 4.32. The molecule has 3 aromatic rings.